The molecular weight excluding hydrogens is 176 g/mol. The van der Waals surface area contributed by atoms with E-state index < -0.39 is 0 Å². The van der Waals surface area contributed by atoms with Crippen LogP contribution in [-0.2, 0) is 17.1 Å². The molecule has 3 aliphatic rings. The Morgan fingerprint density at radius 1 is 1.36 bits per heavy atom. The molecule has 1 fully saturated rings. The zero-order chi connectivity index (χ0) is 7.35. The van der Waals surface area contributed by atoms with Crippen LogP contribution in [0.1, 0.15) is 40.0 Å². The summed E-state index contributed by atoms with van der Waals surface area (Å²) >= 11 is 0. The molecule has 0 saturated heterocycles. The molecule has 3 rings (SSSR count). The summed E-state index contributed by atoms with van der Waals surface area (Å²) in [5.74, 6) is 1.02. The van der Waals surface area contributed by atoms with Gasteiger partial charge in [-0.3, -0.25) is 0 Å². The molecule has 11 heavy (non-hydrogen) atoms. The summed E-state index contributed by atoms with van der Waals surface area (Å²) in [4.78, 5) is 0. The van der Waals surface area contributed by atoms with E-state index in [9.17, 15) is 0 Å². The van der Waals surface area contributed by atoms with Gasteiger partial charge in [-0.05, 0) is 37.5 Å². The zero-order valence-electron chi connectivity index (χ0n) is 7.55. The number of rotatable bonds is 0. The zero-order valence-corrected chi connectivity index (χ0v) is 8.66. The van der Waals surface area contributed by atoms with E-state index in [0.717, 1.165) is 5.92 Å². The number of hydrogen-bond acceptors (Lipinski definition) is 0. The Morgan fingerprint density at radius 2 is 2.00 bits per heavy atom. The van der Waals surface area contributed by atoms with Gasteiger partial charge in [0.1, 0.15) is 0 Å². The molecule has 0 aromatic rings. The van der Waals surface area contributed by atoms with Crippen LogP contribution in [0.3, 0.4) is 0 Å². The summed E-state index contributed by atoms with van der Waals surface area (Å²) in [6.07, 6.45) is 4.24. The maximum Gasteiger partial charge on any atom is 0 e. The Bertz CT molecular complexity index is 201. The molecule has 1 heteroatoms. The van der Waals surface area contributed by atoms with Crippen LogP contribution < -0.4 is 0 Å². The van der Waals surface area contributed by atoms with E-state index in [1.807, 2.05) is 0 Å². The molecule has 3 aliphatic carbocycles. The molecule has 0 heterocycles. The predicted octanol–water partition coefficient (Wildman–Crippen LogP) is 3.14. The predicted molar refractivity (Wildman–Crippen MR) is 43.8 cm³/mol. The largest absolute Gasteiger partial charge is 0.0735 e. The first-order valence-electron chi connectivity index (χ1n) is 4.31. The molecule has 0 spiro atoms. The van der Waals surface area contributed by atoms with Gasteiger partial charge in [-0.15, -0.1) is 0 Å². The fraction of sp³-hybridized carbons (Fsp3) is 0.800. The second-order valence-electron chi connectivity index (χ2n) is 4.42. The van der Waals surface area contributed by atoms with Gasteiger partial charge in [-0.1, -0.05) is 25.0 Å². The summed E-state index contributed by atoms with van der Waals surface area (Å²) in [6, 6.07) is 0. The summed E-state index contributed by atoms with van der Waals surface area (Å²) in [5.41, 5.74) is 4.04. The van der Waals surface area contributed by atoms with Gasteiger partial charge >= 0.3 is 0 Å². The minimum Gasteiger partial charge on any atom is -0.0735 e. The molecule has 0 radical (unpaired) electrons. The third-order valence-corrected chi connectivity index (χ3v) is 3.63. The van der Waals surface area contributed by atoms with Crippen LogP contribution in [0.25, 0.3) is 0 Å². The van der Waals surface area contributed by atoms with Crippen LogP contribution in [0.4, 0.5) is 0 Å². The fourth-order valence-electron chi connectivity index (χ4n) is 2.61. The van der Waals surface area contributed by atoms with Crippen molar-refractivity contribution in [3.63, 3.8) is 0 Å². The molecule has 0 aromatic carbocycles. The van der Waals surface area contributed by atoms with E-state index in [1.165, 1.54) is 19.3 Å². The first kappa shape index (κ1) is 9.35. The SMILES string of the molecule is CC1=C2CC(CC1)C2(C)C.[Fe]. The average Bonchev–Trinajstić information content (AvgIpc) is 1.87. The summed E-state index contributed by atoms with van der Waals surface area (Å²) in [5, 5.41) is 0. The van der Waals surface area contributed by atoms with Crippen molar-refractivity contribution in [2.75, 3.05) is 0 Å². The Morgan fingerprint density at radius 3 is 2.27 bits per heavy atom. The van der Waals surface area contributed by atoms with Crippen molar-refractivity contribution in [1.82, 2.24) is 0 Å². The topological polar surface area (TPSA) is 0 Å². The maximum atomic E-state index is 2.40. The molecule has 2 bridgehead atoms. The number of hydrogen-bond donors (Lipinski definition) is 0. The first-order chi connectivity index (χ1) is 4.62. The Balaban J connectivity index is 0.000000605. The van der Waals surface area contributed by atoms with E-state index in [-0.39, 0.29) is 17.1 Å². The van der Waals surface area contributed by atoms with Crippen molar-refractivity contribution in [3.05, 3.63) is 11.1 Å². The maximum absolute atomic E-state index is 2.40. The van der Waals surface area contributed by atoms with Crippen molar-refractivity contribution >= 4 is 0 Å². The van der Waals surface area contributed by atoms with Crippen LogP contribution in [0, 0.1) is 11.3 Å². The molecule has 1 unspecified atom stereocenters. The molecule has 1 atom stereocenters. The summed E-state index contributed by atoms with van der Waals surface area (Å²) < 4.78 is 0. The summed E-state index contributed by atoms with van der Waals surface area (Å²) in [6.45, 7) is 7.12. The minimum absolute atomic E-state index is 0. The van der Waals surface area contributed by atoms with Crippen LogP contribution in [0.5, 0.6) is 0 Å². The van der Waals surface area contributed by atoms with Crippen molar-refractivity contribution < 1.29 is 17.1 Å². The van der Waals surface area contributed by atoms with Crippen LogP contribution in [0.2, 0.25) is 0 Å². The van der Waals surface area contributed by atoms with Crippen LogP contribution >= 0.6 is 0 Å². The van der Waals surface area contributed by atoms with E-state index in [1.54, 1.807) is 11.1 Å². The fourth-order valence-corrected chi connectivity index (χ4v) is 2.61. The smallest absolute Gasteiger partial charge is 0 e. The van der Waals surface area contributed by atoms with Gasteiger partial charge in [0.2, 0.25) is 0 Å². The molecule has 0 aromatic heterocycles. The van der Waals surface area contributed by atoms with Gasteiger partial charge in [0.25, 0.3) is 0 Å². The third-order valence-electron chi connectivity index (χ3n) is 3.63. The third kappa shape index (κ3) is 1.10. The molecule has 1 saturated carbocycles. The van der Waals surface area contributed by atoms with Gasteiger partial charge in [0.05, 0.1) is 0 Å². The van der Waals surface area contributed by atoms with E-state index in [0.29, 0.717) is 5.41 Å². The second kappa shape index (κ2) is 2.64. The average molecular weight is 192 g/mol. The Hall–Kier alpha value is 0.259. The molecule has 0 aliphatic heterocycles. The Kier molecular flexibility index (Phi) is 2.24. The van der Waals surface area contributed by atoms with E-state index >= 15 is 0 Å². The molecule has 0 N–H and O–H groups in total. The second-order valence-corrected chi connectivity index (χ2v) is 4.42. The van der Waals surface area contributed by atoms with Crippen LogP contribution in [0.15, 0.2) is 11.1 Å². The molecule has 64 valence electrons. The van der Waals surface area contributed by atoms with E-state index in [2.05, 4.69) is 20.8 Å². The number of fused-ring (bicyclic) bond motifs is 2. The van der Waals surface area contributed by atoms with Gasteiger partial charge in [0.15, 0.2) is 0 Å². The van der Waals surface area contributed by atoms with Crippen molar-refractivity contribution in [1.29, 1.82) is 0 Å². The van der Waals surface area contributed by atoms with Crippen molar-refractivity contribution in [3.8, 4) is 0 Å². The standard InChI is InChI=1S/C10H16.Fe/c1-7-4-5-8-6-9(7)10(8,2)3;/h8H,4-6H2,1-3H3;. The first-order valence-corrected chi connectivity index (χ1v) is 4.31. The van der Waals surface area contributed by atoms with Crippen molar-refractivity contribution in [2.24, 2.45) is 11.3 Å². The van der Waals surface area contributed by atoms with Gasteiger partial charge in [0, 0.05) is 17.1 Å². The minimum atomic E-state index is 0. The normalized spacial score (nSPS) is 32.5. The molecule has 0 amide bonds. The Labute approximate surface area is 79.9 Å². The van der Waals surface area contributed by atoms with Gasteiger partial charge in [-0.2, -0.15) is 0 Å². The van der Waals surface area contributed by atoms with Crippen molar-refractivity contribution in [2.45, 2.75) is 40.0 Å². The summed E-state index contributed by atoms with van der Waals surface area (Å²) in [7, 11) is 0. The number of allylic oxidation sites excluding steroid dienone is 2. The van der Waals surface area contributed by atoms with Crippen LogP contribution in [-0.4, -0.2) is 0 Å². The van der Waals surface area contributed by atoms with Gasteiger partial charge < -0.3 is 0 Å². The quantitative estimate of drug-likeness (QED) is 0.408. The van der Waals surface area contributed by atoms with Gasteiger partial charge in [-0.25, -0.2) is 0 Å². The molecule has 0 nitrogen and oxygen atoms in total. The molecular formula is C10H16Fe. The van der Waals surface area contributed by atoms with E-state index in [4.69, 9.17) is 0 Å². The monoisotopic (exact) mass is 192 g/mol.